The molecule has 0 aromatic rings. The van der Waals surface area contributed by atoms with Crippen molar-refractivity contribution in [2.24, 2.45) is 11.8 Å². The fraction of sp³-hybridized carbons (Fsp3) is 0.923. The van der Waals surface area contributed by atoms with E-state index in [1.807, 2.05) is 20.8 Å². The first kappa shape index (κ1) is 13.3. The van der Waals surface area contributed by atoms with E-state index in [9.17, 15) is 4.79 Å². The zero-order valence-corrected chi connectivity index (χ0v) is 11.0. The van der Waals surface area contributed by atoms with Crippen molar-refractivity contribution in [1.82, 2.24) is 5.32 Å². The third-order valence-corrected chi connectivity index (χ3v) is 2.98. The molecule has 1 aliphatic carbocycles. The first-order chi connectivity index (χ1) is 7.37. The van der Waals surface area contributed by atoms with Crippen LogP contribution in [0.1, 0.15) is 53.4 Å². The number of rotatable bonds is 2. The molecule has 0 spiro atoms. The van der Waals surface area contributed by atoms with E-state index in [4.69, 9.17) is 4.74 Å². The standard InChI is InChI=1S/C13H25NO2/c1-10-6-5-7-11(8-10)9-14-12(15)16-13(2,3)4/h10-11H,5-9H2,1-4H3,(H,14,15)/t10-,11+/m0/s1. The predicted molar refractivity (Wildman–Crippen MR) is 65.4 cm³/mol. The summed E-state index contributed by atoms with van der Waals surface area (Å²) in [6.07, 6.45) is 4.81. The summed E-state index contributed by atoms with van der Waals surface area (Å²) in [4.78, 5) is 11.4. The smallest absolute Gasteiger partial charge is 0.407 e. The van der Waals surface area contributed by atoms with Gasteiger partial charge in [-0.05, 0) is 45.4 Å². The Labute approximate surface area is 98.9 Å². The molecule has 0 aromatic carbocycles. The lowest BCUT2D eigenvalue weighted by Crippen LogP contribution is -2.36. The topological polar surface area (TPSA) is 38.3 Å². The minimum absolute atomic E-state index is 0.286. The highest BCUT2D eigenvalue weighted by atomic mass is 16.6. The number of hydrogen-bond acceptors (Lipinski definition) is 2. The monoisotopic (exact) mass is 227 g/mol. The van der Waals surface area contributed by atoms with Crippen molar-refractivity contribution in [3.8, 4) is 0 Å². The molecular formula is C13H25NO2. The molecule has 3 heteroatoms. The van der Waals surface area contributed by atoms with E-state index >= 15 is 0 Å². The molecule has 0 saturated heterocycles. The minimum atomic E-state index is -0.399. The summed E-state index contributed by atoms with van der Waals surface area (Å²) < 4.78 is 5.21. The molecule has 3 nitrogen and oxygen atoms in total. The van der Waals surface area contributed by atoms with Gasteiger partial charge in [-0.2, -0.15) is 0 Å². The van der Waals surface area contributed by atoms with Crippen LogP contribution in [0.5, 0.6) is 0 Å². The van der Waals surface area contributed by atoms with Crippen molar-refractivity contribution in [2.45, 2.75) is 59.0 Å². The molecule has 0 unspecified atom stereocenters. The van der Waals surface area contributed by atoms with Crippen LogP contribution in [-0.4, -0.2) is 18.2 Å². The zero-order chi connectivity index (χ0) is 12.2. The number of nitrogens with one attached hydrogen (secondary N) is 1. The fourth-order valence-corrected chi connectivity index (χ4v) is 2.29. The van der Waals surface area contributed by atoms with Gasteiger partial charge in [-0.25, -0.2) is 4.79 Å². The van der Waals surface area contributed by atoms with Crippen LogP contribution in [-0.2, 0) is 4.74 Å². The summed E-state index contributed by atoms with van der Waals surface area (Å²) in [5.74, 6) is 1.44. The maximum Gasteiger partial charge on any atom is 0.407 e. The largest absolute Gasteiger partial charge is 0.444 e. The fourth-order valence-electron chi connectivity index (χ4n) is 2.29. The molecule has 1 N–H and O–H groups in total. The van der Waals surface area contributed by atoms with Crippen LogP contribution in [0, 0.1) is 11.8 Å². The molecule has 1 aliphatic rings. The summed E-state index contributed by atoms with van der Waals surface area (Å²) in [6.45, 7) is 8.71. The molecule has 0 heterocycles. The van der Waals surface area contributed by atoms with Crippen molar-refractivity contribution in [2.75, 3.05) is 6.54 Å². The number of alkyl carbamates (subject to hydrolysis) is 1. The highest BCUT2D eigenvalue weighted by Crippen LogP contribution is 2.27. The molecule has 0 radical (unpaired) electrons. The summed E-state index contributed by atoms with van der Waals surface area (Å²) in [5, 5.41) is 2.87. The Morgan fingerprint density at radius 3 is 2.62 bits per heavy atom. The number of hydrogen-bond donors (Lipinski definition) is 1. The molecule has 1 fully saturated rings. The van der Waals surface area contributed by atoms with Gasteiger partial charge in [-0.1, -0.05) is 19.8 Å². The lowest BCUT2D eigenvalue weighted by atomic mass is 9.82. The summed E-state index contributed by atoms with van der Waals surface area (Å²) in [7, 11) is 0. The first-order valence-corrected chi connectivity index (χ1v) is 6.33. The van der Waals surface area contributed by atoms with E-state index in [-0.39, 0.29) is 6.09 Å². The highest BCUT2D eigenvalue weighted by molar-refractivity contribution is 5.67. The predicted octanol–water partition coefficient (Wildman–Crippen LogP) is 3.34. The van der Waals surface area contributed by atoms with Crippen LogP contribution < -0.4 is 5.32 Å². The van der Waals surface area contributed by atoms with Gasteiger partial charge in [0.05, 0.1) is 0 Å². The van der Waals surface area contributed by atoms with Crippen LogP contribution in [0.25, 0.3) is 0 Å². The molecule has 94 valence electrons. The molecule has 2 atom stereocenters. The Hall–Kier alpha value is -0.730. The second-order valence-corrected chi connectivity index (χ2v) is 6.02. The van der Waals surface area contributed by atoms with Crippen molar-refractivity contribution < 1.29 is 9.53 Å². The maximum atomic E-state index is 11.4. The third kappa shape index (κ3) is 5.38. The number of amides is 1. The summed E-state index contributed by atoms with van der Waals surface area (Å²) in [5.41, 5.74) is -0.399. The SMILES string of the molecule is C[C@H]1CCC[C@@H](CNC(=O)OC(C)(C)C)C1. The van der Waals surface area contributed by atoms with Crippen LogP contribution >= 0.6 is 0 Å². The van der Waals surface area contributed by atoms with Crippen molar-refractivity contribution >= 4 is 6.09 Å². The first-order valence-electron chi connectivity index (χ1n) is 6.33. The Kier molecular flexibility index (Phi) is 4.63. The van der Waals surface area contributed by atoms with E-state index in [1.54, 1.807) is 0 Å². The minimum Gasteiger partial charge on any atom is -0.444 e. The van der Waals surface area contributed by atoms with Crippen LogP contribution in [0.2, 0.25) is 0 Å². The molecule has 0 aliphatic heterocycles. The third-order valence-electron chi connectivity index (χ3n) is 2.98. The van der Waals surface area contributed by atoms with Gasteiger partial charge in [0, 0.05) is 6.54 Å². The lowest BCUT2D eigenvalue weighted by Gasteiger charge is -2.27. The van der Waals surface area contributed by atoms with E-state index in [0.29, 0.717) is 5.92 Å². The molecule has 16 heavy (non-hydrogen) atoms. The Morgan fingerprint density at radius 2 is 2.06 bits per heavy atom. The van der Waals surface area contributed by atoms with E-state index in [2.05, 4.69) is 12.2 Å². The van der Waals surface area contributed by atoms with E-state index < -0.39 is 5.60 Å². The Bertz CT molecular complexity index is 233. The number of ether oxygens (including phenoxy) is 1. The Balaban J connectivity index is 2.21. The molecule has 0 aromatic heterocycles. The zero-order valence-electron chi connectivity index (χ0n) is 11.0. The normalized spacial score (nSPS) is 26.2. The van der Waals surface area contributed by atoms with Gasteiger partial charge >= 0.3 is 6.09 Å². The summed E-state index contributed by atoms with van der Waals surface area (Å²) >= 11 is 0. The van der Waals surface area contributed by atoms with E-state index in [0.717, 1.165) is 12.5 Å². The van der Waals surface area contributed by atoms with E-state index in [1.165, 1.54) is 25.7 Å². The molecule has 1 saturated carbocycles. The van der Waals surface area contributed by atoms with Gasteiger partial charge < -0.3 is 10.1 Å². The highest BCUT2D eigenvalue weighted by Gasteiger charge is 2.21. The molecular weight excluding hydrogens is 202 g/mol. The molecule has 1 rings (SSSR count). The average molecular weight is 227 g/mol. The summed E-state index contributed by atoms with van der Waals surface area (Å²) in [6, 6.07) is 0. The van der Waals surface area contributed by atoms with Crippen LogP contribution in [0.4, 0.5) is 4.79 Å². The molecule has 0 bridgehead atoms. The van der Waals surface area contributed by atoms with Gasteiger partial charge in [0.2, 0.25) is 0 Å². The van der Waals surface area contributed by atoms with Gasteiger partial charge in [-0.15, -0.1) is 0 Å². The maximum absolute atomic E-state index is 11.4. The number of carbonyl (C=O) groups excluding carboxylic acids is 1. The average Bonchev–Trinajstić information content (AvgIpc) is 2.12. The van der Waals surface area contributed by atoms with Gasteiger partial charge in [0.15, 0.2) is 0 Å². The van der Waals surface area contributed by atoms with Gasteiger partial charge in [0.1, 0.15) is 5.60 Å². The van der Waals surface area contributed by atoms with Crippen molar-refractivity contribution in [3.63, 3.8) is 0 Å². The quantitative estimate of drug-likeness (QED) is 0.785. The van der Waals surface area contributed by atoms with Gasteiger partial charge in [0.25, 0.3) is 0 Å². The second-order valence-electron chi connectivity index (χ2n) is 6.02. The van der Waals surface area contributed by atoms with Crippen molar-refractivity contribution in [1.29, 1.82) is 0 Å². The second kappa shape index (κ2) is 5.55. The van der Waals surface area contributed by atoms with Crippen molar-refractivity contribution in [3.05, 3.63) is 0 Å². The van der Waals surface area contributed by atoms with Crippen LogP contribution in [0.3, 0.4) is 0 Å². The van der Waals surface area contributed by atoms with Gasteiger partial charge in [-0.3, -0.25) is 0 Å². The Morgan fingerprint density at radius 1 is 1.38 bits per heavy atom. The van der Waals surface area contributed by atoms with Crippen LogP contribution in [0.15, 0.2) is 0 Å². The number of carbonyl (C=O) groups is 1. The molecule has 1 amide bonds. The lowest BCUT2D eigenvalue weighted by molar-refractivity contribution is 0.0512.